The van der Waals surface area contributed by atoms with Crippen LogP contribution in [-0.4, -0.2) is 66.5 Å². The van der Waals surface area contributed by atoms with Crippen molar-refractivity contribution in [3.8, 4) is 0 Å². The van der Waals surface area contributed by atoms with Crippen molar-refractivity contribution >= 4 is 17.5 Å². The van der Waals surface area contributed by atoms with E-state index < -0.39 is 5.82 Å². The van der Waals surface area contributed by atoms with Crippen LogP contribution in [0.25, 0.3) is 0 Å². The third-order valence-electron chi connectivity index (χ3n) is 4.89. The van der Waals surface area contributed by atoms with Crippen LogP contribution >= 0.6 is 0 Å². The van der Waals surface area contributed by atoms with Crippen molar-refractivity contribution in [1.82, 2.24) is 9.80 Å². The number of hydrogen-bond acceptors (Lipinski definition) is 4. The summed E-state index contributed by atoms with van der Waals surface area (Å²) < 4.78 is 19.1. The minimum absolute atomic E-state index is 0.0561. The first-order chi connectivity index (χ1) is 12.1. The number of piperazine rings is 1. The number of amides is 2. The molecule has 6 nitrogen and oxygen atoms in total. The Kier molecular flexibility index (Phi) is 5.65. The lowest BCUT2D eigenvalue weighted by Crippen LogP contribution is -2.55. The van der Waals surface area contributed by atoms with Crippen molar-refractivity contribution in [2.75, 3.05) is 38.1 Å². The van der Waals surface area contributed by atoms with Crippen LogP contribution in [0.1, 0.15) is 19.8 Å². The fourth-order valence-corrected chi connectivity index (χ4v) is 3.27. The van der Waals surface area contributed by atoms with E-state index in [9.17, 15) is 14.0 Å². The van der Waals surface area contributed by atoms with Crippen molar-refractivity contribution in [2.45, 2.75) is 31.9 Å². The SMILES string of the molecule is C[C@@H](C(=O)Nc1ccccc1F)N1CCN(C(=O)[C@@H]2CCCO2)CC1. The standard InChI is InChI=1S/C18H24FN3O3/c1-13(17(23)20-15-6-3-2-5-14(15)19)21-8-10-22(11-9-21)18(24)16-7-4-12-25-16/h2-3,5-6,13,16H,4,7-12H2,1H3,(H,20,23)/t13-,16-/m0/s1. The molecule has 1 aromatic rings. The van der Waals surface area contributed by atoms with E-state index in [4.69, 9.17) is 4.74 Å². The van der Waals surface area contributed by atoms with Gasteiger partial charge >= 0.3 is 0 Å². The van der Waals surface area contributed by atoms with Crippen LogP contribution in [0.4, 0.5) is 10.1 Å². The summed E-state index contributed by atoms with van der Waals surface area (Å²) in [7, 11) is 0. The highest BCUT2D eigenvalue weighted by Gasteiger charge is 2.32. The molecule has 2 fully saturated rings. The molecule has 0 radical (unpaired) electrons. The number of anilines is 1. The van der Waals surface area contributed by atoms with E-state index in [-0.39, 0.29) is 29.6 Å². The number of hydrogen-bond donors (Lipinski definition) is 1. The topological polar surface area (TPSA) is 61.9 Å². The van der Waals surface area contributed by atoms with Gasteiger partial charge in [0.1, 0.15) is 11.9 Å². The molecule has 0 aromatic heterocycles. The molecule has 0 spiro atoms. The fourth-order valence-electron chi connectivity index (χ4n) is 3.27. The molecule has 0 unspecified atom stereocenters. The van der Waals surface area contributed by atoms with Crippen molar-refractivity contribution in [3.63, 3.8) is 0 Å². The Morgan fingerprint density at radius 2 is 1.96 bits per heavy atom. The van der Waals surface area contributed by atoms with Crippen molar-refractivity contribution in [3.05, 3.63) is 30.1 Å². The zero-order valence-corrected chi connectivity index (χ0v) is 14.4. The quantitative estimate of drug-likeness (QED) is 0.894. The molecule has 2 amide bonds. The molecule has 2 atom stereocenters. The molecule has 2 saturated heterocycles. The Morgan fingerprint density at radius 3 is 2.60 bits per heavy atom. The molecule has 136 valence electrons. The molecular formula is C18H24FN3O3. The highest BCUT2D eigenvalue weighted by atomic mass is 19.1. The number of rotatable bonds is 4. The largest absolute Gasteiger partial charge is 0.368 e. The molecule has 0 aliphatic carbocycles. The Labute approximate surface area is 146 Å². The summed E-state index contributed by atoms with van der Waals surface area (Å²) >= 11 is 0. The fraction of sp³-hybridized carbons (Fsp3) is 0.556. The predicted octanol–water partition coefficient (Wildman–Crippen LogP) is 1.48. The average Bonchev–Trinajstić information content (AvgIpc) is 3.17. The molecule has 2 heterocycles. The predicted molar refractivity (Wildman–Crippen MR) is 91.6 cm³/mol. The molecule has 25 heavy (non-hydrogen) atoms. The summed E-state index contributed by atoms with van der Waals surface area (Å²) in [4.78, 5) is 28.5. The second kappa shape index (κ2) is 7.93. The van der Waals surface area contributed by atoms with Crippen molar-refractivity contribution < 1.29 is 18.7 Å². The molecule has 2 aliphatic heterocycles. The third kappa shape index (κ3) is 4.16. The summed E-state index contributed by atoms with van der Waals surface area (Å²) in [6.45, 7) is 4.85. The Hall–Kier alpha value is -1.99. The Bertz CT molecular complexity index is 626. The third-order valence-corrected chi connectivity index (χ3v) is 4.89. The van der Waals surface area contributed by atoms with Gasteiger partial charge in [0, 0.05) is 32.8 Å². The molecule has 0 saturated carbocycles. The molecule has 7 heteroatoms. The number of halogens is 1. The summed E-state index contributed by atoms with van der Waals surface area (Å²) in [5.41, 5.74) is 0.187. The summed E-state index contributed by atoms with van der Waals surface area (Å²) in [5, 5.41) is 2.63. The lowest BCUT2D eigenvalue weighted by molar-refractivity contribution is -0.143. The second-order valence-electron chi connectivity index (χ2n) is 6.51. The zero-order valence-electron chi connectivity index (χ0n) is 14.4. The second-order valence-corrected chi connectivity index (χ2v) is 6.51. The van der Waals surface area contributed by atoms with E-state index in [0.717, 1.165) is 12.8 Å². The van der Waals surface area contributed by atoms with Gasteiger partial charge in [0.2, 0.25) is 5.91 Å². The van der Waals surface area contributed by atoms with Gasteiger partial charge in [0.25, 0.3) is 5.91 Å². The average molecular weight is 349 g/mol. The number of nitrogens with one attached hydrogen (secondary N) is 1. The van der Waals surface area contributed by atoms with Gasteiger partial charge in [-0.1, -0.05) is 12.1 Å². The number of nitrogens with zero attached hydrogens (tertiary/aromatic N) is 2. The van der Waals surface area contributed by atoms with E-state index in [0.29, 0.717) is 32.8 Å². The molecule has 3 rings (SSSR count). The van der Waals surface area contributed by atoms with E-state index in [1.54, 1.807) is 19.1 Å². The van der Waals surface area contributed by atoms with E-state index in [1.165, 1.54) is 12.1 Å². The van der Waals surface area contributed by atoms with Crippen molar-refractivity contribution in [2.24, 2.45) is 0 Å². The molecule has 0 bridgehead atoms. The summed E-state index contributed by atoms with van der Waals surface area (Å²) in [6.07, 6.45) is 1.43. The van der Waals surface area contributed by atoms with E-state index >= 15 is 0 Å². The number of para-hydroxylation sites is 1. The maximum absolute atomic E-state index is 13.7. The van der Waals surface area contributed by atoms with Crippen LogP contribution < -0.4 is 5.32 Å². The first-order valence-electron chi connectivity index (χ1n) is 8.76. The van der Waals surface area contributed by atoms with Crippen molar-refractivity contribution in [1.29, 1.82) is 0 Å². The normalized spacial score (nSPS) is 22.6. The molecule has 1 aromatic carbocycles. The van der Waals surface area contributed by atoms with Gasteiger partial charge in [0.05, 0.1) is 11.7 Å². The van der Waals surface area contributed by atoms with Gasteiger partial charge in [-0.15, -0.1) is 0 Å². The van der Waals surface area contributed by atoms with Crippen LogP contribution in [0, 0.1) is 5.82 Å². The van der Waals surface area contributed by atoms with Crippen LogP contribution in [0.15, 0.2) is 24.3 Å². The van der Waals surface area contributed by atoms with E-state index in [2.05, 4.69) is 5.32 Å². The highest BCUT2D eigenvalue weighted by Crippen LogP contribution is 2.17. The van der Waals surface area contributed by atoms with Crippen LogP contribution in [-0.2, 0) is 14.3 Å². The van der Waals surface area contributed by atoms with Gasteiger partial charge < -0.3 is 15.0 Å². The van der Waals surface area contributed by atoms with Gasteiger partial charge in [-0.25, -0.2) is 4.39 Å². The zero-order chi connectivity index (χ0) is 17.8. The van der Waals surface area contributed by atoms with Gasteiger partial charge in [-0.3, -0.25) is 14.5 Å². The minimum atomic E-state index is -0.449. The maximum Gasteiger partial charge on any atom is 0.251 e. The number of carbonyl (C=O) groups excluding carboxylic acids is 2. The highest BCUT2D eigenvalue weighted by molar-refractivity contribution is 5.94. The van der Waals surface area contributed by atoms with Crippen LogP contribution in [0.5, 0.6) is 0 Å². The molecular weight excluding hydrogens is 325 g/mol. The number of benzene rings is 1. The van der Waals surface area contributed by atoms with Gasteiger partial charge in [-0.2, -0.15) is 0 Å². The van der Waals surface area contributed by atoms with Crippen LogP contribution in [0.2, 0.25) is 0 Å². The lowest BCUT2D eigenvalue weighted by atomic mass is 10.1. The summed E-state index contributed by atoms with van der Waals surface area (Å²) in [5.74, 6) is -0.639. The summed E-state index contributed by atoms with van der Waals surface area (Å²) in [6, 6.07) is 5.73. The Balaban J connectivity index is 1.50. The maximum atomic E-state index is 13.7. The van der Waals surface area contributed by atoms with Gasteiger partial charge in [-0.05, 0) is 31.9 Å². The monoisotopic (exact) mass is 349 g/mol. The Morgan fingerprint density at radius 1 is 1.24 bits per heavy atom. The first-order valence-corrected chi connectivity index (χ1v) is 8.76. The minimum Gasteiger partial charge on any atom is -0.368 e. The first kappa shape index (κ1) is 17.8. The molecule has 1 N–H and O–H groups in total. The van der Waals surface area contributed by atoms with Crippen LogP contribution in [0.3, 0.4) is 0 Å². The number of ether oxygens (including phenoxy) is 1. The van der Waals surface area contributed by atoms with E-state index in [1.807, 2.05) is 9.80 Å². The van der Waals surface area contributed by atoms with Gasteiger partial charge in [0.15, 0.2) is 0 Å². The lowest BCUT2D eigenvalue weighted by Gasteiger charge is -2.38. The molecule has 2 aliphatic rings. The number of carbonyl (C=O) groups is 2. The smallest absolute Gasteiger partial charge is 0.251 e.